The minimum Gasteiger partial charge on any atom is -0.481 e. The maximum absolute atomic E-state index is 14.8. The number of imidazole rings is 3. The summed E-state index contributed by atoms with van der Waals surface area (Å²) in [5.41, 5.74) is 23.4. The molecule has 18 unspecified atom stereocenters. The van der Waals surface area contributed by atoms with Crippen LogP contribution in [0.1, 0.15) is 141 Å². The van der Waals surface area contributed by atoms with Crippen LogP contribution in [0.15, 0.2) is 67.9 Å². The van der Waals surface area contributed by atoms with Crippen molar-refractivity contribution in [2.45, 2.75) is 247 Å². The van der Waals surface area contributed by atoms with Gasteiger partial charge in [-0.2, -0.15) is 0 Å². The van der Waals surface area contributed by atoms with Crippen molar-refractivity contribution in [2.75, 3.05) is 39.4 Å². The van der Waals surface area contributed by atoms with Gasteiger partial charge >= 0.3 is 11.9 Å². The van der Waals surface area contributed by atoms with Crippen LogP contribution in [-0.4, -0.2) is 322 Å². The Labute approximate surface area is 785 Å². The fourth-order valence-corrected chi connectivity index (χ4v) is 13.8. The normalized spacial score (nSPS) is 15.9. The van der Waals surface area contributed by atoms with E-state index < -0.39 is 291 Å². The number of aromatic nitrogens is 6. The number of nitrogens with zero attached hydrogens (tertiary/aromatic N) is 3. The number of benzene rings is 1. The van der Waals surface area contributed by atoms with E-state index in [4.69, 9.17) is 28.3 Å². The minimum atomic E-state index is -2.12. The fourth-order valence-electron chi connectivity index (χ4n) is 13.8. The van der Waals surface area contributed by atoms with Crippen molar-refractivity contribution in [1.29, 1.82) is 5.41 Å². The summed E-state index contributed by atoms with van der Waals surface area (Å²) < 4.78 is 0. The van der Waals surface area contributed by atoms with E-state index in [0.717, 1.165) is 0 Å². The van der Waals surface area contributed by atoms with Gasteiger partial charge in [-0.25, -0.2) is 15.0 Å². The number of aliphatic hydroxyl groups excluding tert-OH is 3. The van der Waals surface area contributed by atoms with Crippen LogP contribution in [0, 0.1) is 17.2 Å². The number of aliphatic carboxylic acids is 2. The quantitative estimate of drug-likeness (QED) is 0.0111. The van der Waals surface area contributed by atoms with E-state index in [1.807, 2.05) is 0 Å². The number of nitrogens with two attached hydrogens (primary N) is 4. The van der Waals surface area contributed by atoms with Gasteiger partial charge in [-0.05, 0) is 95.7 Å². The summed E-state index contributed by atoms with van der Waals surface area (Å²) >= 11 is 0. The second kappa shape index (κ2) is 57.8. The van der Waals surface area contributed by atoms with E-state index in [9.17, 15) is 121 Å². The zero-order valence-electron chi connectivity index (χ0n) is 76.4. The molecule has 4 aromatic rings. The number of rotatable bonds is 62. The molecule has 3 aromatic heterocycles. The third kappa shape index (κ3) is 39.8. The first-order chi connectivity index (χ1) is 64.9. The molecular formula is C83H127N29O25. The number of amides is 18. The van der Waals surface area contributed by atoms with Gasteiger partial charge in [0.25, 0.3) is 0 Å². The highest BCUT2D eigenvalue weighted by molar-refractivity contribution is 6.03. The summed E-state index contributed by atoms with van der Waals surface area (Å²) in [6, 6.07) is -19.1. The van der Waals surface area contributed by atoms with Crippen LogP contribution in [-0.2, 0) is 122 Å². The molecule has 0 bridgehead atoms. The van der Waals surface area contributed by atoms with Gasteiger partial charge in [0.05, 0.1) is 70.1 Å². The first-order valence-corrected chi connectivity index (χ1v) is 44.1. The predicted molar refractivity (Wildman–Crippen MR) is 480 cm³/mol. The van der Waals surface area contributed by atoms with Gasteiger partial charge in [-0.15, -0.1) is 0 Å². The number of hydrogen-bond acceptors (Lipinski definition) is 29. The van der Waals surface area contributed by atoms with Crippen molar-refractivity contribution in [2.24, 2.45) is 34.8 Å². The van der Waals surface area contributed by atoms with Crippen LogP contribution in [0.4, 0.5) is 0 Å². The van der Waals surface area contributed by atoms with Crippen LogP contribution in [0.2, 0.25) is 0 Å². The number of hydrogen-bond donors (Lipinski definition) is 31. The number of carboxylic acid groups (broad SMARTS) is 2. The average Bonchev–Trinajstić information content (AvgIpc) is 1.82. The van der Waals surface area contributed by atoms with Gasteiger partial charge < -0.3 is 159 Å². The van der Waals surface area contributed by atoms with Crippen molar-refractivity contribution in [3.63, 3.8) is 0 Å². The Morgan fingerprint density at radius 3 is 1.28 bits per heavy atom. The van der Waals surface area contributed by atoms with Crippen molar-refractivity contribution in [3.05, 3.63) is 90.5 Å². The van der Waals surface area contributed by atoms with E-state index in [1.54, 1.807) is 26.8 Å². The SMILES string of the molecule is CCC(C)C(NC(=O)C(C)NC(=O)C(Cc1cnc[nH]1)NC(=O)C1CCCN1)C(=O)NC(CC(=O)O)C(=O)NC(CC(N)=O)C(=O)NC(Cc1cnc[nH]1)C(=O)NC(CCCNC(=N)N)C(=O)NC(CO)C(=O)NC(Cc1ccccc1)C(=O)NC(CO)C(=O)NC(CC(=O)O)C(=O)NC(CCCCN)C(=O)NC(Cc1cnc[nH]1)C(=O)NCC(=O)NC(CC(C)C)C(=O)NC(C(N)=O)C(C)O. The smallest absolute Gasteiger partial charge is 0.305 e. The Balaban J connectivity index is 1.34. The molecular weight excluding hydrogens is 1800 g/mol. The summed E-state index contributed by atoms with van der Waals surface area (Å²) in [6.07, 6.45) is 2.49. The van der Waals surface area contributed by atoms with E-state index in [-0.39, 0.29) is 81.8 Å². The number of carbonyl (C=O) groups excluding carboxylic acids is 18. The lowest BCUT2D eigenvalue weighted by Gasteiger charge is -2.29. The van der Waals surface area contributed by atoms with Gasteiger partial charge in [0, 0.05) is 67.9 Å². The molecule has 54 heteroatoms. The predicted octanol–water partition coefficient (Wildman–Crippen LogP) is -11.6. The van der Waals surface area contributed by atoms with E-state index in [0.29, 0.717) is 30.6 Å². The van der Waals surface area contributed by atoms with Crippen LogP contribution < -0.4 is 119 Å². The highest BCUT2D eigenvalue weighted by atomic mass is 16.4. The summed E-state index contributed by atoms with van der Waals surface area (Å²) in [6.45, 7) is 6.25. The summed E-state index contributed by atoms with van der Waals surface area (Å²) in [7, 11) is 0. The molecule has 1 aliphatic heterocycles. The van der Waals surface area contributed by atoms with Crippen LogP contribution in [0.3, 0.4) is 0 Å². The molecule has 1 saturated heterocycles. The molecule has 1 aromatic carbocycles. The maximum atomic E-state index is 14.8. The number of H-pyrrole nitrogens is 3. The number of nitrogens with one attached hydrogen (secondary N) is 22. The van der Waals surface area contributed by atoms with Gasteiger partial charge in [0.1, 0.15) is 90.6 Å². The molecule has 1 fully saturated rings. The second-order valence-corrected chi connectivity index (χ2v) is 33.1. The number of carbonyl (C=O) groups is 20. The lowest BCUT2D eigenvalue weighted by Crippen LogP contribution is -2.62. The largest absolute Gasteiger partial charge is 0.481 e. The maximum Gasteiger partial charge on any atom is 0.305 e. The molecule has 5 rings (SSSR count). The molecule has 0 radical (unpaired) electrons. The first-order valence-electron chi connectivity index (χ1n) is 44.1. The molecule has 54 nitrogen and oxygen atoms in total. The molecule has 1 aliphatic rings. The fraction of sp³-hybridized carbons (Fsp3) is 0.566. The third-order valence-corrected chi connectivity index (χ3v) is 21.4. The Morgan fingerprint density at radius 2 is 0.861 bits per heavy atom. The topological polar surface area (TPSA) is 873 Å². The van der Waals surface area contributed by atoms with E-state index in [1.165, 1.54) is 82.6 Å². The summed E-state index contributed by atoms with van der Waals surface area (Å²) in [5, 5.41) is 103. The van der Waals surface area contributed by atoms with Gasteiger partial charge in [-0.1, -0.05) is 64.4 Å². The lowest BCUT2D eigenvalue weighted by molar-refractivity contribution is -0.142. The van der Waals surface area contributed by atoms with Crippen molar-refractivity contribution in [3.8, 4) is 0 Å². The molecule has 18 atom stereocenters. The van der Waals surface area contributed by atoms with Crippen molar-refractivity contribution in [1.82, 2.24) is 126 Å². The van der Waals surface area contributed by atoms with Crippen LogP contribution in [0.25, 0.3) is 0 Å². The zero-order chi connectivity index (χ0) is 102. The zero-order valence-corrected chi connectivity index (χ0v) is 76.4. The molecule has 137 heavy (non-hydrogen) atoms. The van der Waals surface area contributed by atoms with Crippen LogP contribution in [0.5, 0.6) is 0 Å². The highest BCUT2D eigenvalue weighted by Crippen LogP contribution is 2.16. The standard InChI is InChI=1S/C83H127N29O25/c1-7-41(4)65(111-68(123)42(5)98-73(128)54(26-46-32-90-38-96-46)104-70(125)48-18-13-21-92-48)82(137)108-58(30-64(120)121)78(133)106-56(28-61(85)116)76(131)105-55(27-47-33-91-39-97-47)75(130)101-50(19-14-22-93-83(87)88)72(127)109-59(35-113)80(135)102-52(24-44-15-9-8-10-16-44)74(129)110-60(36-114)81(136)107-57(29-63(118)119)77(132)100-49(17-11-12-20-84)71(126)103-53(25-45-31-89-37-95-45)69(124)94-34-62(117)99-51(23-40(2)3)79(134)112-66(43(6)115)67(86)122/h8-10,15-16,31-33,37-43,48-60,65-66,92,113-115H,7,11-14,17-30,34-36,84H2,1-6H3,(H2,85,116)(H2,86,122)(H,89,95)(H,90,96)(H,91,97)(H,94,124)(H,98,128)(H,99,117)(H,100,132)(H,101,130)(H,102,135)(H,103,126)(H,104,125)(H,105,131)(H,106,133)(H,107,136)(H,108,137)(H,109,127)(H,110,129)(H,111,123)(H,112,134)(H,118,119)(H,120,121)(H4,87,88,93). The number of unbranched alkanes of at least 4 members (excludes halogenated alkanes) is 1. The first kappa shape index (κ1) is 113. The molecule has 0 aliphatic carbocycles. The molecule has 754 valence electrons. The van der Waals surface area contributed by atoms with Gasteiger partial charge in [0.15, 0.2) is 5.96 Å². The second-order valence-electron chi connectivity index (χ2n) is 33.1. The Kier molecular flexibility index (Phi) is 47.6. The van der Waals surface area contributed by atoms with E-state index in [2.05, 4.69) is 126 Å². The number of aliphatic hydroxyl groups is 3. The molecule has 35 N–H and O–H groups in total. The Hall–Kier alpha value is -14.7. The molecule has 0 saturated carbocycles. The van der Waals surface area contributed by atoms with Crippen molar-refractivity contribution >= 4 is 124 Å². The monoisotopic (exact) mass is 1930 g/mol. The number of aromatic amines is 3. The summed E-state index contributed by atoms with van der Waals surface area (Å²) in [4.78, 5) is 296. The Morgan fingerprint density at radius 1 is 0.453 bits per heavy atom. The number of carboxylic acids is 2. The van der Waals surface area contributed by atoms with Crippen LogP contribution >= 0.6 is 0 Å². The van der Waals surface area contributed by atoms with Gasteiger partial charge in [0.2, 0.25) is 106 Å². The minimum absolute atomic E-state index is 0.0172. The van der Waals surface area contributed by atoms with Gasteiger partial charge in [-0.3, -0.25) is 101 Å². The van der Waals surface area contributed by atoms with E-state index >= 15 is 0 Å². The highest BCUT2D eigenvalue weighted by Gasteiger charge is 2.41. The number of primary amides is 2. The third-order valence-electron chi connectivity index (χ3n) is 21.4. The average molecular weight is 1930 g/mol. The van der Waals surface area contributed by atoms with Crippen molar-refractivity contribution < 1.29 is 121 Å². The Bertz CT molecular complexity index is 4730. The lowest BCUT2D eigenvalue weighted by atomic mass is 9.97. The number of guanidine groups is 1. The molecule has 0 spiro atoms. The molecule has 18 amide bonds. The molecule has 4 heterocycles. The summed E-state index contributed by atoms with van der Waals surface area (Å²) in [5.74, 6) is -25.0.